The third-order valence-electron chi connectivity index (χ3n) is 4.08. The van der Waals surface area contributed by atoms with Gasteiger partial charge in [-0.15, -0.1) is 0 Å². The van der Waals surface area contributed by atoms with Crippen molar-refractivity contribution in [3.63, 3.8) is 0 Å². The molecule has 0 aromatic carbocycles. The van der Waals surface area contributed by atoms with Crippen molar-refractivity contribution >= 4 is 11.9 Å². The minimum absolute atomic E-state index is 0. The number of carbonyl (C=O) groups excluding carboxylic acids is 1. The molecule has 1 amide bonds. The Labute approximate surface area is 113 Å². The van der Waals surface area contributed by atoms with Gasteiger partial charge in [0.2, 0.25) is 5.91 Å². The van der Waals surface area contributed by atoms with Gasteiger partial charge in [-0.25, -0.2) is 0 Å². The van der Waals surface area contributed by atoms with E-state index < -0.39 is 23.7 Å². The number of hydrogen-bond donors (Lipinski definition) is 3. The van der Waals surface area contributed by atoms with Gasteiger partial charge in [-0.1, -0.05) is 14.4 Å². The van der Waals surface area contributed by atoms with E-state index in [2.05, 4.69) is 0 Å². The van der Waals surface area contributed by atoms with Crippen LogP contribution in [0.2, 0.25) is 0 Å². The number of carboxylic acid groups (broad SMARTS) is 1. The maximum Gasteiger partial charge on any atom is 0.308 e. The Kier molecular flexibility index (Phi) is 4.58. The second-order valence-corrected chi connectivity index (χ2v) is 5.46. The predicted molar refractivity (Wildman–Crippen MR) is 68.2 cm³/mol. The Hall–Kier alpha value is -1.14. The highest BCUT2D eigenvalue weighted by atomic mass is 16.5. The van der Waals surface area contributed by atoms with Crippen molar-refractivity contribution in [1.82, 2.24) is 4.90 Å². The van der Waals surface area contributed by atoms with Gasteiger partial charge in [-0.2, -0.15) is 0 Å². The highest BCUT2D eigenvalue weighted by molar-refractivity contribution is 5.82. The lowest BCUT2D eigenvalue weighted by Crippen LogP contribution is -2.52. The molecule has 1 aliphatic heterocycles. The molecule has 1 heterocycles. The number of hydrogen-bond acceptors (Lipinski definition) is 4. The van der Waals surface area contributed by atoms with Crippen molar-refractivity contribution in [2.75, 3.05) is 6.54 Å². The number of likely N-dealkylation sites (tertiary alicyclic amines) is 1. The number of aliphatic hydroxyl groups is 2. The third-order valence-corrected chi connectivity index (χ3v) is 4.08. The highest BCUT2D eigenvalue weighted by Crippen LogP contribution is 2.36. The second kappa shape index (κ2) is 5.46. The molecule has 0 bridgehead atoms. The summed E-state index contributed by atoms with van der Waals surface area (Å²) in [5.41, 5.74) is 0. The number of carbonyl (C=O) groups is 2. The number of nitrogens with zero attached hydrogens (tertiary/aromatic N) is 1. The molecule has 0 aromatic heterocycles. The van der Waals surface area contributed by atoms with Crippen LogP contribution in [0.1, 0.15) is 40.0 Å². The summed E-state index contributed by atoms with van der Waals surface area (Å²) in [5, 5.41) is 28.3. The molecule has 2 rings (SSSR count). The van der Waals surface area contributed by atoms with Crippen molar-refractivity contribution in [2.45, 2.75) is 51.9 Å². The van der Waals surface area contributed by atoms with E-state index in [1.54, 1.807) is 4.90 Å². The van der Waals surface area contributed by atoms with Gasteiger partial charge in [-0.05, 0) is 12.8 Å². The molecular weight excluding hydrogens is 250 g/mol. The SMILES string of the molecule is C.C[C@H]1CCN(C2CCC(O)(O)C[C@H]2C(=O)O)C1=O. The summed E-state index contributed by atoms with van der Waals surface area (Å²) < 4.78 is 0. The molecular formula is C13H23NO5. The first-order chi connectivity index (χ1) is 8.32. The number of amides is 1. The summed E-state index contributed by atoms with van der Waals surface area (Å²) in [7, 11) is 0. The van der Waals surface area contributed by atoms with Gasteiger partial charge >= 0.3 is 5.97 Å². The molecule has 1 saturated heterocycles. The fourth-order valence-electron chi connectivity index (χ4n) is 2.97. The molecule has 3 atom stereocenters. The quantitative estimate of drug-likeness (QED) is 0.634. The topological polar surface area (TPSA) is 98.1 Å². The number of carboxylic acids is 1. The zero-order valence-electron chi connectivity index (χ0n) is 10.4. The standard InChI is InChI=1S/C12H19NO5.CH4/c1-7-3-5-13(10(7)14)9-2-4-12(17,18)6-8(9)11(15)16;/h7-9,17-18H,2-6H2,1H3,(H,15,16);1H4/t7-,8+,9?;/m0./s1. The average molecular weight is 273 g/mol. The van der Waals surface area contributed by atoms with Crippen LogP contribution in [0.3, 0.4) is 0 Å². The summed E-state index contributed by atoms with van der Waals surface area (Å²) in [5.74, 6) is -3.97. The molecule has 1 aliphatic carbocycles. The molecule has 2 aliphatic rings. The van der Waals surface area contributed by atoms with E-state index in [0.717, 1.165) is 6.42 Å². The molecule has 6 nitrogen and oxygen atoms in total. The molecule has 6 heteroatoms. The third kappa shape index (κ3) is 3.06. The summed E-state index contributed by atoms with van der Waals surface area (Å²) in [6, 6.07) is -0.410. The number of aliphatic carboxylic acids is 1. The molecule has 0 spiro atoms. The van der Waals surface area contributed by atoms with Crippen LogP contribution >= 0.6 is 0 Å². The largest absolute Gasteiger partial charge is 0.481 e. The van der Waals surface area contributed by atoms with Crippen LogP contribution in [0, 0.1) is 11.8 Å². The van der Waals surface area contributed by atoms with Crippen LogP contribution < -0.4 is 0 Å². The predicted octanol–water partition coefficient (Wildman–Crippen LogP) is 0.425. The fourth-order valence-corrected chi connectivity index (χ4v) is 2.97. The summed E-state index contributed by atoms with van der Waals surface area (Å²) >= 11 is 0. The Morgan fingerprint density at radius 3 is 2.47 bits per heavy atom. The second-order valence-electron chi connectivity index (χ2n) is 5.46. The van der Waals surface area contributed by atoms with Crippen LogP contribution in [-0.4, -0.2) is 50.5 Å². The Morgan fingerprint density at radius 1 is 1.37 bits per heavy atom. The molecule has 0 aromatic rings. The first kappa shape index (κ1) is 15.9. The van der Waals surface area contributed by atoms with E-state index >= 15 is 0 Å². The van der Waals surface area contributed by atoms with E-state index in [0.29, 0.717) is 13.0 Å². The van der Waals surface area contributed by atoms with Gasteiger partial charge in [0.25, 0.3) is 0 Å². The minimum atomic E-state index is -1.92. The van der Waals surface area contributed by atoms with Crippen LogP contribution in [0.15, 0.2) is 0 Å². The van der Waals surface area contributed by atoms with Crippen molar-refractivity contribution in [1.29, 1.82) is 0 Å². The Bertz CT molecular complexity index is 368. The Morgan fingerprint density at radius 2 is 2.00 bits per heavy atom. The first-order valence-corrected chi connectivity index (χ1v) is 6.30. The lowest BCUT2D eigenvalue weighted by Gasteiger charge is -2.40. The molecule has 1 saturated carbocycles. The monoisotopic (exact) mass is 273 g/mol. The first-order valence-electron chi connectivity index (χ1n) is 6.30. The molecule has 2 fully saturated rings. The van der Waals surface area contributed by atoms with Crippen molar-refractivity contribution in [3.8, 4) is 0 Å². The zero-order chi connectivity index (χ0) is 13.5. The van der Waals surface area contributed by atoms with E-state index in [9.17, 15) is 24.9 Å². The summed E-state index contributed by atoms with van der Waals surface area (Å²) in [6.45, 7) is 2.40. The highest BCUT2D eigenvalue weighted by Gasteiger charge is 2.47. The molecule has 3 N–H and O–H groups in total. The zero-order valence-corrected chi connectivity index (χ0v) is 10.4. The minimum Gasteiger partial charge on any atom is -0.481 e. The smallest absolute Gasteiger partial charge is 0.308 e. The molecule has 19 heavy (non-hydrogen) atoms. The van der Waals surface area contributed by atoms with E-state index in [-0.39, 0.29) is 32.1 Å². The van der Waals surface area contributed by atoms with Gasteiger partial charge in [0.15, 0.2) is 5.79 Å². The van der Waals surface area contributed by atoms with Gasteiger partial charge in [-0.3, -0.25) is 9.59 Å². The molecule has 0 radical (unpaired) electrons. The van der Waals surface area contributed by atoms with Gasteiger partial charge in [0.1, 0.15) is 0 Å². The summed E-state index contributed by atoms with van der Waals surface area (Å²) in [6.07, 6.45) is 0.957. The van der Waals surface area contributed by atoms with Crippen LogP contribution in [0.4, 0.5) is 0 Å². The fraction of sp³-hybridized carbons (Fsp3) is 0.846. The maximum atomic E-state index is 11.9. The lowest BCUT2D eigenvalue weighted by molar-refractivity contribution is -0.206. The number of rotatable bonds is 2. The molecule has 110 valence electrons. The Balaban J connectivity index is 0.00000180. The van der Waals surface area contributed by atoms with Crippen molar-refractivity contribution in [3.05, 3.63) is 0 Å². The van der Waals surface area contributed by atoms with Crippen molar-refractivity contribution in [2.24, 2.45) is 11.8 Å². The van der Waals surface area contributed by atoms with E-state index in [4.69, 9.17) is 0 Å². The van der Waals surface area contributed by atoms with Gasteiger partial charge in [0, 0.05) is 31.3 Å². The van der Waals surface area contributed by atoms with Crippen molar-refractivity contribution < 1.29 is 24.9 Å². The van der Waals surface area contributed by atoms with Crippen LogP contribution in [-0.2, 0) is 9.59 Å². The summed E-state index contributed by atoms with van der Waals surface area (Å²) in [4.78, 5) is 24.8. The normalized spacial score (nSPS) is 33.9. The average Bonchev–Trinajstić information content (AvgIpc) is 2.59. The van der Waals surface area contributed by atoms with Crippen LogP contribution in [0.25, 0.3) is 0 Å². The molecule has 1 unspecified atom stereocenters. The van der Waals surface area contributed by atoms with E-state index in [1.807, 2.05) is 6.92 Å². The van der Waals surface area contributed by atoms with Crippen LogP contribution in [0.5, 0.6) is 0 Å². The lowest BCUT2D eigenvalue weighted by atomic mass is 9.80. The van der Waals surface area contributed by atoms with Gasteiger partial charge in [0.05, 0.1) is 5.92 Å². The maximum absolute atomic E-state index is 11.9. The van der Waals surface area contributed by atoms with E-state index in [1.165, 1.54) is 0 Å². The van der Waals surface area contributed by atoms with Gasteiger partial charge < -0.3 is 20.2 Å².